The predicted molar refractivity (Wildman–Crippen MR) is 107 cm³/mol. The number of hydrogen-bond acceptors (Lipinski definition) is 4. The molecule has 0 atom stereocenters. The van der Waals surface area contributed by atoms with Gasteiger partial charge in [-0.2, -0.15) is 0 Å². The Morgan fingerprint density at radius 3 is 2.79 bits per heavy atom. The Morgan fingerprint density at radius 1 is 1.25 bits per heavy atom. The molecule has 0 aliphatic carbocycles. The van der Waals surface area contributed by atoms with Gasteiger partial charge in [-0.15, -0.1) is 0 Å². The first-order valence-electron chi connectivity index (χ1n) is 9.45. The molecule has 4 rings (SSSR count). The van der Waals surface area contributed by atoms with Gasteiger partial charge in [-0.3, -0.25) is 4.79 Å². The van der Waals surface area contributed by atoms with E-state index in [9.17, 15) is 9.18 Å². The van der Waals surface area contributed by atoms with E-state index in [1.54, 1.807) is 18.2 Å². The van der Waals surface area contributed by atoms with Crippen molar-refractivity contribution in [1.82, 2.24) is 4.90 Å². The topological polar surface area (TPSA) is 38.8 Å². The lowest BCUT2D eigenvalue weighted by atomic mass is 9.95. The summed E-state index contributed by atoms with van der Waals surface area (Å²) in [5.74, 6) is 0.441. The van der Waals surface area contributed by atoms with Gasteiger partial charge in [-0.25, -0.2) is 4.39 Å². The van der Waals surface area contributed by atoms with Gasteiger partial charge in [0.1, 0.15) is 22.9 Å². The van der Waals surface area contributed by atoms with Crippen LogP contribution >= 0.6 is 0 Å². The van der Waals surface area contributed by atoms with Crippen molar-refractivity contribution in [3.63, 3.8) is 0 Å². The first kappa shape index (κ1) is 18.4. The van der Waals surface area contributed by atoms with E-state index < -0.39 is 5.82 Å². The predicted octanol–water partition coefficient (Wildman–Crippen LogP) is 4.56. The summed E-state index contributed by atoms with van der Waals surface area (Å²) < 4.78 is 25.7. The van der Waals surface area contributed by atoms with Crippen molar-refractivity contribution in [3.8, 4) is 11.5 Å². The zero-order valence-corrected chi connectivity index (χ0v) is 16.0. The van der Waals surface area contributed by atoms with Crippen molar-refractivity contribution in [2.45, 2.75) is 13.3 Å². The van der Waals surface area contributed by atoms with Crippen LogP contribution in [-0.4, -0.2) is 37.4 Å². The number of benzene rings is 2. The van der Waals surface area contributed by atoms with Crippen molar-refractivity contribution in [2.24, 2.45) is 0 Å². The van der Waals surface area contributed by atoms with Crippen molar-refractivity contribution in [3.05, 3.63) is 70.7 Å². The maximum Gasteiger partial charge on any atom is 0.235 e. The molecule has 0 aromatic heterocycles. The van der Waals surface area contributed by atoms with Crippen LogP contribution in [0.4, 0.5) is 4.39 Å². The number of carbonyl (C=O) groups excluding carboxylic acids is 1. The van der Waals surface area contributed by atoms with Crippen LogP contribution in [-0.2, 0) is 0 Å². The second-order valence-electron chi connectivity index (χ2n) is 6.95. The van der Waals surface area contributed by atoms with E-state index in [4.69, 9.17) is 9.47 Å². The van der Waals surface area contributed by atoms with E-state index in [1.165, 1.54) is 12.1 Å². The van der Waals surface area contributed by atoms with Crippen molar-refractivity contribution in [2.75, 3.05) is 26.7 Å². The maximum absolute atomic E-state index is 14.1. The van der Waals surface area contributed by atoms with E-state index in [0.717, 1.165) is 30.6 Å². The highest BCUT2D eigenvalue weighted by atomic mass is 19.1. The second kappa shape index (κ2) is 7.60. The van der Waals surface area contributed by atoms with Gasteiger partial charge in [-0.05, 0) is 50.2 Å². The number of carbonyl (C=O) groups is 1. The largest absolute Gasteiger partial charge is 0.493 e. The van der Waals surface area contributed by atoms with Gasteiger partial charge in [0.05, 0.1) is 6.61 Å². The van der Waals surface area contributed by atoms with Crippen molar-refractivity contribution >= 4 is 17.4 Å². The fourth-order valence-corrected chi connectivity index (χ4v) is 3.54. The Morgan fingerprint density at radius 2 is 2.07 bits per heavy atom. The van der Waals surface area contributed by atoms with Crippen LogP contribution in [0.3, 0.4) is 0 Å². The van der Waals surface area contributed by atoms with Crippen LogP contribution in [0.1, 0.15) is 34.8 Å². The van der Waals surface area contributed by atoms with Crippen LogP contribution in [0.2, 0.25) is 0 Å². The first-order chi connectivity index (χ1) is 13.6. The molecule has 2 aromatic carbocycles. The molecule has 0 fully saturated rings. The van der Waals surface area contributed by atoms with Crippen LogP contribution < -0.4 is 9.47 Å². The third-order valence-electron chi connectivity index (χ3n) is 5.03. The number of nitrogens with zero attached hydrogens (tertiary/aromatic N) is 1. The van der Waals surface area contributed by atoms with Gasteiger partial charge >= 0.3 is 0 Å². The lowest BCUT2D eigenvalue weighted by Crippen LogP contribution is -2.23. The molecule has 28 heavy (non-hydrogen) atoms. The van der Waals surface area contributed by atoms with E-state index >= 15 is 0 Å². The number of ether oxygens (including phenoxy) is 2. The number of halogens is 1. The molecular formula is C23H22FNO3. The Bertz CT molecular complexity index is 993. The van der Waals surface area contributed by atoms with Crippen molar-refractivity contribution < 1.29 is 18.7 Å². The third kappa shape index (κ3) is 3.34. The van der Waals surface area contributed by atoms with E-state index in [2.05, 4.69) is 18.0 Å². The highest BCUT2D eigenvalue weighted by Crippen LogP contribution is 2.44. The highest BCUT2D eigenvalue weighted by Gasteiger charge is 2.34. The summed E-state index contributed by atoms with van der Waals surface area (Å²) in [4.78, 5) is 15.3. The number of ketones is 1. The number of Topliss-reactive ketones (excluding diaryl/α,β-unsaturated/α-hetero) is 1. The summed E-state index contributed by atoms with van der Waals surface area (Å²) in [6, 6.07) is 10.1. The van der Waals surface area contributed by atoms with Gasteiger partial charge < -0.3 is 14.4 Å². The maximum atomic E-state index is 14.1. The zero-order chi connectivity index (χ0) is 19.7. The summed E-state index contributed by atoms with van der Waals surface area (Å²) in [5.41, 5.74) is 2.78. The van der Waals surface area contributed by atoms with E-state index in [1.807, 2.05) is 19.1 Å². The second-order valence-corrected chi connectivity index (χ2v) is 6.95. The van der Waals surface area contributed by atoms with Crippen LogP contribution in [0.15, 0.2) is 48.2 Å². The molecule has 0 N–H and O–H groups in total. The molecule has 2 aliphatic heterocycles. The van der Waals surface area contributed by atoms with Gasteiger partial charge in [-0.1, -0.05) is 24.3 Å². The molecule has 144 valence electrons. The summed E-state index contributed by atoms with van der Waals surface area (Å²) in [6.07, 6.45) is 4.49. The number of hydrogen-bond donors (Lipinski definition) is 0. The molecule has 0 radical (unpaired) electrons. The first-order valence-corrected chi connectivity index (χ1v) is 9.45. The molecular weight excluding hydrogens is 357 g/mol. The van der Waals surface area contributed by atoms with E-state index in [-0.39, 0.29) is 11.5 Å². The van der Waals surface area contributed by atoms with Gasteiger partial charge in [0.25, 0.3) is 0 Å². The third-order valence-corrected chi connectivity index (χ3v) is 5.03. The zero-order valence-electron chi connectivity index (χ0n) is 16.0. The molecule has 0 saturated carbocycles. The summed E-state index contributed by atoms with van der Waals surface area (Å²) in [7, 11) is 2.07. The number of rotatable bonds is 4. The molecule has 0 unspecified atom stereocenters. The average molecular weight is 379 g/mol. The number of likely N-dealkylation sites (N-methyl/N-ethyl adjacent to an activating group) is 1. The minimum Gasteiger partial charge on any atom is -0.493 e. The monoisotopic (exact) mass is 379 g/mol. The lowest BCUT2D eigenvalue weighted by Gasteiger charge is -2.23. The minimum atomic E-state index is -0.398. The molecule has 0 amide bonds. The lowest BCUT2D eigenvalue weighted by molar-refractivity contribution is 0.101. The summed E-state index contributed by atoms with van der Waals surface area (Å²) in [6.45, 7) is 4.11. The highest BCUT2D eigenvalue weighted by molar-refractivity contribution is 6.17. The summed E-state index contributed by atoms with van der Waals surface area (Å²) in [5, 5.41) is 0. The fourth-order valence-electron chi connectivity index (χ4n) is 3.54. The summed E-state index contributed by atoms with van der Waals surface area (Å²) >= 11 is 0. The minimum absolute atomic E-state index is 0.113. The van der Waals surface area contributed by atoms with Gasteiger partial charge in [0.15, 0.2) is 5.76 Å². The van der Waals surface area contributed by atoms with Crippen LogP contribution in [0.5, 0.6) is 11.5 Å². The molecule has 0 bridgehead atoms. The molecule has 2 aromatic rings. The van der Waals surface area contributed by atoms with Crippen molar-refractivity contribution in [1.29, 1.82) is 0 Å². The SMILES string of the molecule is CCOc1ccc(C2=CCN(C)CC2)c2c1C(=O)/C(=C/c1ccccc1F)O2. The van der Waals surface area contributed by atoms with Crippen LogP contribution in [0, 0.1) is 5.82 Å². The Labute approximate surface area is 163 Å². The van der Waals surface area contributed by atoms with Crippen LogP contribution in [0.25, 0.3) is 11.6 Å². The number of allylic oxidation sites excluding steroid dienone is 1. The quantitative estimate of drug-likeness (QED) is 0.730. The molecule has 2 aliphatic rings. The molecule has 5 heteroatoms. The molecule has 0 saturated heterocycles. The fraction of sp³-hybridized carbons (Fsp3) is 0.261. The molecule has 4 nitrogen and oxygen atoms in total. The standard InChI is InChI=1S/C23H22FNO3/c1-3-27-19-9-8-17(15-10-12-25(2)13-11-15)23-21(19)22(26)20(28-23)14-16-6-4-5-7-18(16)24/h4-10,14H,3,11-13H2,1-2H3/b20-14-. The van der Waals surface area contributed by atoms with Gasteiger partial charge in [0, 0.05) is 24.2 Å². The van der Waals surface area contributed by atoms with E-state index in [0.29, 0.717) is 29.2 Å². The molecule has 2 heterocycles. The Hall–Kier alpha value is -2.92. The number of fused-ring (bicyclic) bond motifs is 1. The molecule has 0 spiro atoms. The Kier molecular flexibility index (Phi) is 5.01. The smallest absolute Gasteiger partial charge is 0.235 e. The average Bonchev–Trinajstić information content (AvgIpc) is 3.02. The van der Waals surface area contributed by atoms with Gasteiger partial charge in [0.2, 0.25) is 5.78 Å². The Balaban J connectivity index is 1.79. The normalized spacial score (nSPS) is 18.0.